The minimum atomic E-state index is -0.442. The SMILES string of the molecule is O=C(OCCOc1ccccc1)c1ccccc1Cl. The predicted molar refractivity (Wildman–Crippen MR) is 73.7 cm³/mol. The number of rotatable bonds is 5. The molecule has 0 N–H and O–H groups in total. The molecule has 0 spiro atoms. The summed E-state index contributed by atoms with van der Waals surface area (Å²) < 4.78 is 10.5. The summed E-state index contributed by atoms with van der Waals surface area (Å²) in [5.74, 6) is 0.304. The Morgan fingerprint density at radius 1 is 0.947 bits per heavy atom. The molecule has 0 saturated carbocycles. The lowest BCUT2D eigenvalue weighted by Crippen LogP contribution is -2.12. The number of benzene rings is 2. The second-order valence-electron chi connectivity index (χ2n) is 3.78. The lowest BCUT2D eigenvalue weighted by molar-refractivity contribution is 0.0450. The van der Waals surface area contributed by atoms with E-state index in [0.717, 1.165) is 5.75 Å². The van der Waals surface area contributed by atoms with E-state index in [4.69, 9.17) is 21.1 Å². The van der Waals surface area contributed by atoms with Crippen LogP contribution in [0.5, 0.6) is 5.75 Å². The first kappa shape index (κ1) is 13.4. The maximum Gasteiger partial charge on any atom is 0.339 e. The van der Waals surface area contributed by atoms with Crippen molar-refractivity contribution in [2.45, 2.75) is 0 Å². The Bertz CT molecular complexity index is 540. The summed E-state index contributed by atoms with van der Waals surface area (Å²) >= 11 is 5.90. The van der Waals surface area contributed by atoms with Gasteiger partial charge in [0.2, 0.25) is 0 Å². The largest absolute Gasteiger partial charge is 0.490 e. The van der Waals surface area contributed by atoms with Crippen LogP contribution in [0.3, 0.4) is 0 Å². The number of hydrogen-bond acceptors (Lipinski definition) is 3. The van der Waals surface area contributed by atoms with Crippen LogP contribution in [0, 0.1) is 0 Å². The third-order valence-corrected chi connectivity index (χ3v) is 2.75. The van der Waals surface area contributed by atoms with Crippen molar-refractivity contribution in [3.05, 3.63) is 65.2 Å². The molecule has 98 valence electrons. The zero-order valence-electron chi connectivity index (χ0n) is 10.2. The highest BCUT2D eigenvalue weighted by atomic mass is 35.5. The second kappa shape index (κ2) is 6.81. The molecule has 2 aromatic rings. The summed E-state index contributed by atoms with van der Waals surface area (Å²) in [5, 5.41) is 0.386. The van der Waals surface area contributed by atoms with Gasteiger partial charge in [0.05, 0.1) is 10.6 Å². The Balaban J connectivity index is 1.77. The molecule has 0 aliphatic carbocycles. The first-order valence-electron chi connectivity index (χ1n) is 5.87. The van der Waals surface area contributed by atoms with Gasteiger partial charge in [0.1, 0.15) is 19.0 Å². The highest BCUT2D eigenvalue weighted by Crippen LogP contribution is 2.15. The number of carbonyl (C=O) groups excluding carboxylic acids is 1. The molecule has 0 atom stereocenters. The van der Waals surface area contributed by atoms with Crippen LogP contribution in [-0.4, -0.2) is 19.2 Å². The molecule has 0 aliphatic heterocycles. The van der Waals surface area contributed by atoms with E-state index in [9.17, 15) is 4.79 Å². The molecule has 0 aromatic heterocycles. The third kappa shape index (κ3) is 4.00. The summed E-state index contributed by atoms with van der Waals surface area (Å²) in [5.41, 5.74) is 0.365. The first-order chi connectivity index (χ1) is 9.27. The van der Waals surface area contributed by atoms with E-state index in [-0.39, 0.29) is 6.61 Å². The molecule has 0 fully saturated rings. The summed E-state index contributed by atoms with van der Waals surface area (Å²) in [6.07, 6.45) is 0. The second-order valence-corrected chi connectivity index (χ2v) is 4.18. The van der Waals surface area contributed by atoms with E-state index >= 15 is 0 Å². The van der Waals surface area contributed by atoms with Crippen molar-refractivity contribution >= 4 is 17.6 Å². The Labute approximate surface area is 116 Å². The summed E-state index contributed by atoms with van der Waals surface area (Å²) in [4.78, 5) is 11.7. The van der Waals surface area contributed by atoms with Gasteiger partial charge in [-0.05, 0) is 24.3 Å². The van der Waals surface area contributed by atoms with Gasteiger partial charge in [-0.1, -0.05) is 41.9 Å². The minimum absolute atomic E-state index is 0.180. The van der Waals surface area contributed by atoms with Crippen molar-refractivity contribution in [3.8, 4) is 5.75 Å². The Hall–Kier alpha value is -2.00. The van der Waals surface area contributed by atoms with Crippen LogP contribution in [0.1, 0.15) is 10.4 Å². The molecule has 4 heteroatoms. The molecule has 0 heterocycles. The van der Waals surface area contributed by atoms with E-state index in [1.165, 1.54) is 0 Å². The fourth-order valence-corrected chi connectivity index (χ4v) is 1.73. The number of ether oxygens (including phenoxy) is 2. The lowest BCUT2D eigenvalue weighted by atomic mass is 10.2. The first-order valence-corrected chi connectivity index (χ1v) is 6.24. The van der Waals surface area contributed by atoms with Crippen LogP contribution in [-0.2, 0) is 4.74 Å². The Kier molecular flexibility index (Phi) is 4.81. The van der Waals surface area contributed by atoms with Gasteiger partial charge in [0, 0.05) is 0 Å². The number of halogens is 1. The zero-order valence-corrected chi connectivity index (χ0v) is 11.0. The number of para-hydroxylation sites is 1. The fraction of sp³-hybridized carbons (Fsp3) is 0.133. The van der Waals surface area contributed by atoms with Crippen LogP contribution < -0.4 is 4.74 Å². The van der Waals surface area contributed by atoms with Gasteiger partial charge >= 0.3 is 5.97 Å². The molecular weight excluding hydrogens is 264 g/mol. The standard InChI is InChI=1S/C15H13ClO3/c16-14-9-5-4-8-13(14)15(17)19-11-10-18-12-6-2-1-3-7-12/h1-9H,10-11H2. The molecule has 0 saturated heterocycles. The van der Waals surface area contributed by atoms with E-state index in [1.54, 1.807) is 24.3 Å². The van der Waals surface area contributed by atoms with Crippen molar-refractivity contribution in [2.75, 3.05) is 13.2 Å². The van der Waals surface area contributed by atoms with Crippen LogP contribution in [0.15, 0.2) is 54.6 Å². The van der Waals surface area contributed by atoms with Gasteiger partial charge in [-0.15, -0.1) is 0 Å². The van der Waals surface area contributed by atoms with Gasteiger partial charge in [-0.3, -0.25) is 0 Å². The van der Waals surface area contributed by atoms with Crippen LogP contribution in [0.2, 0.25) is 5.02 Å². The Morgan fingerprint density at radius 3 is 2.37 bits per heavy atom. The van der Waals surface area contributed by atoms with E-state index in [0.29, 0.717) is 17.2 Å². The molecule has 2 rings (SSSR count). The molecular formula is C15H13ClO3. The van der Waals surface area contributed by atoms with Gasteiger partial charge in [-0.25, -0.2) is 4.79 Å². The van der Waals surface area contributed by atoms with Crippen molar-refractivity contribution in [1.29, 1.82) is 0 Å². The van der Waals surface area contributed by atoms with Gasteiger partial charge in [0.25, 0.3) is 0 Å². The van der Waals surface area contributed by atoms with Crippen LogP contribution in [0.4, 0.5) is 0 Å². The summed E-state index contributed by atoms with van der Waals surface area (Å²) in [6.45, 7) is 0.485. The molecule has 0 aliphatic rings. The molecule has 3 nitrogen and oxygen atoms in total. The number of hydrogen-bond donors (Lipinski definition) is 0. The van der Waals surface area contributed by atoms with Gasteiger partial charge in [-0.2, -0.15) is 0 Å². The van der Waals surface area contributed by atoms with Crippen LogP contribution >= 0.6 is 11.6 Å². The maximum absolute atomic E-state index is 11.7. The predicted octanol–water partition coefficient (Wildman–Crippen LogP) is 3.58. The highest BCUT2D eigenvalue weighted by Gasteiger charge is 2.10. The fourth-order valence-electron chi connectivity index (χ4n) is 1.52. The van der Waals surface area contributed by atoms with E-state index in [2.05, 4.69) is 0 Å². The average Bonchev–Trinajstić information content (AvgIpc) is 2.45. The van der Waals surface area contributed by atoms with Gasteiger partial charge < -0.3 is 9.47 Å². The summed E-state index contributed by atoms with van der Waals surface area (Å²) in [6, 6.07) is 16.1. The van der Waals surface area contributed by atoms with E-state index in [1.807, 2.05) is 30.3 Å². The monoisotopic (exact) mass is 276 g/mol. The third-order valence-electron chi connectivity index (χ3n) is 2.42. The Morgan fingerprint density at radius 2 is 1.63 bits per heavy atom. The molecule has 19 heavy (non-hydrogen) atoms. The van der Waals surface area contributed by atoms with Crippen molar-refractivity contribution in [2.24, 2.45) is 0 Å². The normalized spacial score (nSPS) is 9.95. The molecule has 0 unspecified atom stereocenters. The van der Waals surface area contributed by atoms with E-state index < -0.39 is 5.97 Å². The summed E-state index contributed by atoms with van der Waals surface area (Å²) in [7, 11) is 0. The lowest BCUT2D eigenvalue weighted by Gasteiger charge is -2.07. The minimum Gasteiger partial charge on any atom is -0.490 e. The highest BCUT2D eigenvalue weighted by molar-refractivity contribution is 6.33. The molecule has 0 bridgehead atoms. The number of esters is 1. The van der Waals surface area contributed by atoms with Crippen molar-refractivity contribution in [1.82, 2.24) is 0 Å². The molecule has 0 amide bonds. The smallest absolute Gasteiger partial charge is 0.339 e. The average molecular weight is 277 g/mol. The van der Waals surface area contributed by atoms with Crippen molar-refractivity contribution < 1.29 is 14.3 Å². The molecule has 2 aromatic carbocycles. The maximum atomic E-state index is 11.7. The van der Waals surface area contributed by atoms with Gasteiger partial charge in [0.15, 0.2) is 0 Å². The zero-order chi connectivity index (χ0) is 13.5. The molecule has 0 radical (unpaired) electrons. The van der Waals surface area contributed by atoms with Crippen molar-refractivity contribution in [3.63, 3.8) is 0 Å². The number of carbonyl (C=O) groups is 1. The topological polar surface area (TPSA) is 35.5 Å². The quantitative estimate of drug-likeness (QED) is 0.618. The van der Waals surface area contributed by atoms with Crippen LogP contribution in [0.25, 0.3) is 0 Å².